The molecule has 0 bridgehead atoms. The van der Waals surface area contributed by atoms with E-state index in [2.05, 4.69) is 47.8 Å². The van der Waals surface area contributed by atoms with Gasteiger partial charge in [0.15, 0.2) is 0 Å². The maximum Gasteiger partial charge on any atom is 0.00514 e. The molecular weight excluding hydrogens is 248 g/mol. The van der Waals surface area contributed by atoms with Gasteiger partial charge >= 0.3 is 0 Å². The maximum absolute atomic E-state index is 2.33. The normalized spacial score (nSPS) is 18.3. The molecule has 1 aromatic carbocycles. The number of thiophene rings is 1. The van der Waals surface area contributed by atoms with Crippen molar-refractivity contribution in [3.8, 4) is 0 Å². The fraction of sp³-hybridized carbons (Fsp3) is 0.444. The van der Waals surface area contributed by atoms with Gasteiger partial charge in [0.2, 0.25) is 0 Å². The molecule has 1 aliphatic carbocycles. The smallest absolute Gasteiger partial charge is 0.00514 e. The molecule has 19 heavy (non-hydrogen) atoms. The van der Waals surface area contributed by atoms with E-state index in [-0.39, 0.29) is 0 Å². The number of hydrogen-bond acceptors (Lipinski definition) is 1. The van der Waals surface area contributed by atoms with Gasteiger partial charge in [-0.25, -0.2) is 0 Å². The van der Waals surface area contributed by atoms with Gasteiger partial charge in [-0.2, -0.15) is 0 Å². The van der Waals surface area contributed by atoms with Crippen LogP contribution < -0.4 is 0 Å². The van der Waals surface area contributed by atoms with Gasteiger partial charge in [0.05, 0.1) is 0 Å². The van der Waals surface area contributed by atoms with Crippen LogP contribution in [0.4, 0.5) is 0 Å². The first-order valence-corrected chi connectivity index (χ1v) is 8.39. The molecule has 1 heterocycles. The summed E-state index contributed by atoms with van der Waals surface area (Å²) >= 11 is 1.91. The second kappa shape index (κ2) is 6.38. The van der Waals surface area contributed by atoms with Gasteiger partial charge in [-0.15, -0.1) is 11.3 Å². The molecule has 1 aromatic heterocycles. The van der Waals surface area contributed by atoms with Crippen molar-refractivity contribution in [1.29, 1.82) is 0 Å². The Morgan fingerprint density at radius 3 is 2.42 bits per heavy atom. The van der Waals surface area contributed by atoms with Crippen LogP contribution in [0.2, 0.25) is 0 Å². The number of hydrogen-bond donors (Lipinski definition) is 0. The molecule has 0 N–H and O–H groups in total. The zero-order chi connectivity index (χ0) is 12.9. The molecule has 0 radical (unpaired) electrons. The molecule has 0 aliphatic heterocycles. The lowest BCUT2D eigenvalue weighted by atomic mass is 9.75. The van der Waals surface area contributed by atoms with E-state index in [0.717, 1.165) is 11.8 Å². The van der Waals surface area contributed by atoms with Crippen molar-refractivity contribution >= 4 is 11.3 Å². The van der Waals surface area contributed by atoms with Gasteiger partial charge in [-0.1, -0.05) is 55.7 Å². The minimum atomic E-state index is 0.722. The first-order chi connectivity index (χ1) is 9.43. The maximum atomic E-state index is 2.33. The van der Waals surface area contributed by atoms with Crippen molar-refractivity contribution in [2.45, 2.75) is 44.4 Å². The van der Waals surface area contributed by atoms with E-state index in [0.29, 0.717) is 0 Å². The van der Waals surface area contributed by atoms with Crippen molar-refractivity contribution < 1.29 is 0 Å². The molecule has 1 fully saturated rings. The Kier molecular flexibility index (Phi) is 4.34. The Morgan fingerprint density at radius 2 is 1.74 bits per heavy atom. The average Bonchev–Trinajstić information content (AvgIpc) is 3.00. The van der Waals surface area contributed by atoms with Crippen molar-refractivity contribution in [3.05, 3.63) is 58.3 Å². The molecule has 0 saturated heterocycles. The summed E-state index contributed by atoms with van der Waals surface area (Å²) in [6.45, 7) is 0. The van der Waals surface area contributed by atoms with E-state index in [1.807, 2.05) is 11.3 Å². The topological polar surface area (TPSA) is 0 Å². The lowest BCUT2D eigenvalue weighted by Crippen LogP contribution is -2.18. The monoisotopic (exact) mass is 270 g/mol. The van der Waals surface area contributed by atoms with Gasteiger partial charge in [-0.05, 0) is 48.1 Å². The highest BCUT2D eigenvalue weighted by Crippen LogP contribution is 2.38. The van der Waals surface area contributed by atoms with Gasteiger partial charge < -0.3 is 0 Å². The molecular formula is C18H22S. The first-order valence-electron chi connectivity index (χ1n) is 7.51. The van der Waals surface area contributed by atoms with E-state index in [4.69, 9.17) is 0 Å². The van der Waals surface area contributed by atoms with Gasteiger partial charge in [0.25, 0.3) is 0 Å². The lowest BCUT2D eigenvalue weighted by Gasteiger charge is -2.30. The molecule has 1 saturated carbocycles. The highest BCUT2D eigenvalue weighted by atomic mass is 32.1. The summed E-state index contributed by atoms with van der Waals surface area (Å²) in [5.74, 6) is 1.61. The minimum Gasteiger partial charge on any atom is -0.149 e. The van der Waals surface area contributed by atoms with Crippen molar-refractivity contribution in [1.82, 2.24) is 0 Å². The lowest BCUT2D eigenvalue weighted by molar-refractivity contribution is 0.303. The van der Waals surface area contributed by atoms with E-state index >= 15 is 0 Å². The Morgan fingerprint density at radius 1 is 0.947 bits per heavy atom. The van der Waals surface area contributed by atoms with E-state index in [1.165, 1.54) is 38.5 Å². The molecule has 0 nitrogen and oxygen atoms in total. The number of benzene rings is 1. The zero-order valence-electron chi connectivity index (χ0n) is 11.4. The van der Waals surface area contributed by atoms with Crippen LogP contribution in [0.3, 0.4) is 0 Å². The van der Waals surface area contributed by atoms with Crippen molar-refractivity contribution in [3.63, 3.8) is 0 Å². The fourth-order valence-electron chi connectivity index (χ4n) is 3.44. The summed E-state index contributed by atoms with van der Waals surface area (Å²) in [7, 11) is 0. The predicted octanol–water partition coefficient (Wildman–Crippen LogP) is 5.65. The van der Waals surface area contributed by atoms with E-state index < -0.39 is 0 Å². The van der Waals surface area contributed by atoms with Crippen LogP contribution in [-0.4, -0.2) is 0 Å². The van der Waals surface area contributed by atoms with Crippen LogP contribution >= 0.6 is 11.3 Å². The molecule has 2 aromatic rings. The van der Waals surface area contributed by atoms with Gasteiger partial charge in [0.1, 0.15) is 0 Å². The summed E-state index contributed by atoms with van der Waals surface area (Å²) in [5.41, 5.74) is 1.54. The van der Waals surface area contributed by atoms with E-state index in [1.54, 1.807) is 10.4 Å². The summed E-state index contributed by atoms with van der Waals surface area (Å²) in [6, 6.07) is 15.7. The van der Waals surface area contributed by atoms with Crippen LogP contribution in [-0.2, 0) is 6.42 Å². The van der Waals surface area contributed by atoms with Gasteiger partial charge in [-0.3, -0.25) is 0 Å². The Balaban J connectivity index is 1.82. The molecule has 100 valence electrons. The Labute approximate surface area is 120 Å². The Hall–Kier alpha value is -1.08. The molecule has 1 unspecified atom stereocenters. The largest absolute Gasteiger partial charge is 0.149 e. The van der Waals surface area contributed by atoms with Crippen LogP contribution in [0.25, 0.3) is 0 Å². The minimum absolute atomic E-state index is 0.722. The molecule has 1 heteroatoms. The zero-order valence-corrected chi connectivity index (χ0v) is 12.2. The standard InChI is InChI=1S/C18H22S/c1-3-8-15(9-4-1)18(14-17-12-7-13-19-17)16-10-5-2-6-11-16/h1,3-4,7-9,12-13,16,18H,2,5-6,10-11,14H2. The SMILES string of the molecule is c1ccc(C(Cc2cccs2)C2CCCCC2)cc1. The summed E-state index contributed by atoms with van der Waals surface area (Å²) in [5, 5.41) is 2.21. The van der Waals surface area contributed by atoms with Crippen LogP contribution in [0.5, 0.6) is 0 Å². The quantitative estimate of drug-likeness (QED) is 0.673. The van der Waals surface area contributed by atoms with Crippen LogP contribution in [0.1, 0.15) is 48.5 Å². The molecule has 1 atom stereocenters. The predicted molar refractivity (Wildman–Crippen MR) is 83.8 cm³/mol. The highest BCUT2D eigenvalue weighted by Gasteiger charge is 2.25. The Bertz CT molecular complexity index is 466. The summed E-state index contributed by atoms with van der Waals surface area (Å²) in [4.78, 5) is 1.54. The van der Waals surface area contributed by atoms with Crippen molar-refractivity contribution in [2.75, 3.05) is 0 Å². The second-order valence-electron chi connectivity index (χ2n) is 5.70. The fourth-order valence-corrected chi connectivity index (χ4v) is 4.20. The van der Waals surface area contributed by atoms with Crippen LogP contribution in [0, 0.1) is 5.92 Å². The summed E-state index contributed by atoms with van der Waals surface area (Å²) < 4.78 is 0. The molecule has 3 rings (SSSR count). The third-order valence-electron chi connectivity index (χ3n) is 4.45. The van der Waals surface area contributed by atoms with Crippen LogP contribution in [0.15, 0.2) is 47.8 Å². The number of rotatable bonds is 4. The molecule has 0 amide bonds. The first kappa shape index (κ1) is 12.9. The summed E-state index contributed by atoms with van der Waals surface area (Å²) in [6.07, 6.45) is 8.37. The highest BCUT2D eigenvalue weighted by molar-refractivity contribution is 7.09. The van der Waals surface area contributed by atoms with Gasteiger partial charge in [0, 0.05) is 4.88 Å². The van der Waals surface area contributed by atoms with Crippen molar-refractivity contribution in [2.24, 2.45) is 5.92 Å². The molecule has 1 aliphatic rings. The third kappa shape index (κ3) is 3.27. The second-order valence-corrected chi connectivity index (χ2v) is 6.73. The van der Waals surface area contributed by atoms with E-state index in [9.17, 15) is 0 Å². The third-order valence-corrected chi connectivity index (χ3v) is 5.35. The molecule has 0 spiro atoms. The average molecular weight is 270 g/mol.